The number of hydrogen-bond acceptors (Lipinski definition) is 2. The Kier molecular flexibility index (Phi) is 3.49. The van der Waals surface area contributed by atoms with Gasteiger partial charge in [-0.1, -0.05) is 6.07 Å². The highest BCUT2D eigenvalue weighted by Crippen LogP contribution is 2.30. The lowest BCUT2D eigenvalue weighted by atomic mass is 10.0. The van der Waals surface area contributed by atoms with Gasteiger partial charge in [0.05, 0.1) is 6.61 Å². The average Bonchev–Trinajstić information content (AvgIpc) is 2.64. The zero-order valence-electron chi connectivity index (χ0n) is 10.3. The van der Waals surface area contributed by atoms with Crippen LogP contribution in [0.15, 0.2) is 12.1 Å². The molecule has 1 aliphatic rings. The molecule has 1 aromatic rings. The summed E-state index contributed by atoms with van der Waals surface area (Å²) < 4.78 is 5.71. The van der Waals surface area contributed by atoms with E-state index >= 15 is 0 Å². The molecule has 0 radical (unpaired) electrons. The van der Waals surface area contributed by atoms with Crippen LogP contribution in [-0.2, 0) is 19.3 Å². The van der Waals surface area contributed by atoms with E-state index in [1.807, 2.05) is 13.8 Å². The first-order valence-corrected chi connectivity index (χ1v) is 6.23. The van der Waals surface area contributed by atoms with Gasteiger partial charge in [0, 0.05) is 6.04 Å². The molecule has 0 saturated heterocycles. The van der Waals surface area contributed by atoms with Crippen molar-refractivity contribution in [2.75, 3.05) is 6.61 Å². The predicted octanol–water partition coefficient (Wildman–Crippen LogP) is 2.46. The van der Waals surface area contributed by atoms with E-state index in [2.05, 4.69) is 12.1 Å². The zero-order chi connectivity index (χ0) is 11.5. The molecule has 0 heterocycles. The van der Waals surface area contributed by atoms with Gasteiger partial charge >= 0.3 is 0 Å². The van der Waals surface area contributed by atoms with E-state index in [0.717, 1.165) is 18.8 Å². The quantitative estimate of drug-likeness (QED) is 0.844. The number of nitrogens with two attached hydrogens (primary N) is 1. The monoisotopic (exact) mass is 219 g/mol. The van der Waals surface area contributed by atoms with Crippen molar-refractivity contribution in [3.8, 4) is 5.75 Å². The predicted molar refractivity (Wildman–Crippen MR) is 67.0 cm³/mol. The zero-order valence-corrected chi connectivity index (χ0v) is 10.3. The molecule has 0 bridgehead atoms. The summed E-state index contributed by atoms with van der Waals surface area (Å²) in [6, 6.07) is 4.72. The molecule has 0 spiro atoms. The van der Waals surface area contributed by atoms with Gasteiger partial charge in [0.25, 0.3) is 0 Å². The van der Waals surface area contributed by atoms with Crippen LogP contribution in [0, 0.1) is 0 Å². The fourth-order valence-corrected chi connectivity index (χ4v) is 2.45. The van der Waals surface area contributed by atoms with Gasteiger partial charge in [-0.2, -0.15) is 0 Å². The minimum atomic E-state index is 0.193. The van der Waals surface area contributed by atoms with E-state index < -0.39 is 0 Å². The van der Waals surface area contributed by atoms with Gasteiger partial charge in [-0.3, -0.25) is 0 Å². The van der Waals surface area contributed by atoms with E-state index in [0.29, 0.717) is 0 Å². The molecule has 0 aromatic heterocycles. The maximum absolute atomic E-state index is 5.88. The maximum atomic E-state index is 5.88. The van der Waals surface area contributed by atoms with Crippen LogP contribution in [0.3, 0.4) is 0 Å². The molecule has 0 fully saturated rings. The van der Waals surface area contributed by atoms with Crippen LogP contribution in [0.25, 0.3) is 0 Å². The Bertz CT molecular complexity index is 371. The van der Waals surface area contributed by atoms with Crippen LogP contribution < -0.4 is 10.5 Å². The lowest BCUT2D eigenvalue weighted by molar-refractivity contribution is 0.335. The molecular formula is C14H21NO. The number of benzene rings is 1. The fourth-order valence-electron chi connectivity index (χ4n) is 2.45. The Hall–Kier alpha value is -1.02. The summed E-state index contributed by atoms with van der Waals surface area (Å²) in [7, 11) is 0. The normalized spacial score (nSPS) is 15.9. The van der Waals surface area contributed by atoms with E-state index in [9.17, 15) is 0 Å². The molecule has 1 aromatic carbocycles. The highest BCUT2D eigenvalue weighted by Gasteiger charge is 2.15. The number of hydrogen-bond donors (Lipinski definition) is 1. The van der Waals surface area contributed by atoms with Crippen molar-refractivity contribution < 1.29 is 4.74 Å². The van der Waals surface area contributed by atoms with E-state index in [-0.39, 0.29) is 6.04 Å². The third-order valence-corrected chi connectivity index (χ3v) is 3.12. The summed E-state index contributed by atoms with van der Waals surface area (Å²) in [4.78, 5) is 0. The van der Waals surface area contributed by atoms with Crippen LogP contribution >= 0.6 is 0 Å². The summed E-state index contributed by atoms with van der Waals surface area (Å²) in [6.07, 6.45) is 4.60. The van der Waals surface area contributed by atoms with Crippen LogP contribution in [0.5, 0.6) is 5.75 Å². The van der Waals surface area contributed by atoms with Crippen molar-refractivity contribution >= 4 is 0 Å². The summed E-state index contributed by atoms with van der Waals surface area (Å²) in [5.74, 6) is 1.04. The number of aryl methyl sites for hydroxylation is 2. The van der Waals surface area contributed by atoms with Gasteiger partial charge in [-0.15, -0.1) is 0 Å². The summed E-state index contributed by atoms with van der Waals surface area (Å²) in [6.45, 7) is 4.80. The molecule has 2 N–H and O–H groups in total. The minimum Gasteiger partial charge on any atom is -0.494 e. The largest absolute Gasteiger partial charge is 0.494 e. The first-order chi connectivity index (χ1) is 7.70. The molecule has 2 nitrogen and oxygen atoms in total. The number of fused-ring (bicyclic) bond motifs is 1. The Labute approximate surface area is 97.8 Å². The van der Waals surface area contributed by atoms with Crippen LogP contribution in [0.1, 0.15) is 37.0 Å². The molecule has 1 atom stereocenters. The van der Waals surface area contributed by atoms with Crippen molar-refractivity contribution in [1.82, 2.24) is 0 Å². The van der Waals surface area contributed by atoms with E-state index in [1.54, 1.807) is 0 Å². The minimum absolute atomic E-state index is 0.193. The number of rotatable bonds is 4. The molecule has 0 aliphatic heterocycles. The average molecular weight is 219 g/mol. The van der Waals surface area contributed by atoms with Crippen LogP contribution in [-0.4, -0.2) is 12.6 Å². The van der Waals surface area contributed by atoms with Crippen molar-refractivity contribution in [3.63, 3.8) is 0 Å². The van der Waals surface area contributed by atoms with Crippen molar-refractivity contribution in [2.45, 2.75) is 45.6 Å². The van der Waals surface area contributed by atoms with Gasteiger partial charge in [0.2, 0.25) is 0 Å². The van der Waals surface area contributed by atoms with Crippen molar-refractivity contribution in [2.24, 2.45) is 5.73 Å². The molecule has 16 heavy (non-hydrogen) atoms. The molecule has 1 aliphatic carbocycles. The summed E-state index contributed by atoms with van der Waals surface area (Å²) in [5, 5.41) is 0. The van der Waals surface area contributed by atoms with Gasteiger partial charge in [-0.25, -0.2) is 0 Å². The Morgan fingerprint density at radius 2 is 2.00 bits per heavy atom. The topological polar surface area (TPSA) is 35.2 Å². The number of ether oxygens (including phenoxy) is 1. The Balaban J connectivity index is 2.32. The molecule has 2 heteroatoms. The maximum Gasteiger partial charge on any atom is 0.122 e. The first-order valence-electron chi connectivity index (χ1n) is 6.23. The van der Waals surface area contributed by atoms with Crippen LogP contribution in [0.4, 0.5) is 0 Å². The molecule has 2 rings (SSSR count). The summed E-state index contributed by atoms with van der Waals surface area (Å²) >= 11 is 0. The molecule has 0 saturated carbocycles. The fraction of sp³-hybridized carbons (Fsp3) is 0.571. The van der Waals surface area contributed by atoms with Crippen LogP contribution in [0.2, 0.25) is 0 Å². The summed E-state index contributed by atoms with van der Waals surface area (Å²) in [5.41, 5.74) is 10.1. The van der Waals surface area contributed by atoms with E-state index in [4.69, 9.17) is 10.5 Å². The van der Waals surface area contributed by atoms with Crippen molar-refractivity contribution in [1.29, 1.82) is 0 Å². The second kappa shape index (κ2) is 4.88. The SMILES string of the molecule is CCOc1cc2c(cc1CC(C)N)CCC2. The molecule has 0 amide bonds. The molecule has 88 valence electrons. The first kappa shape index (κ1) is 11.5. The van der Waals surface area contributed by atoms with Gasteiger partial charge in [0.15, 0.2) is 0 Å². The smallest absolute Gasteiger partial charge is 0.122 e. The Morgan fingerprint density at radius 3 is 2.62 bits per heavy atom. The lowest BCUT2D eigenvalue weighted by Gasteiger charge is -2.14. The third kappa shape index (κ3) is 2.38. The Morgan fingerprint density at radius 1 is 1.31 bits per heavy atom. The van der Waals surface area contributed by atoms with E-state index in [1.165, 1.54) is 36.0 Å². The van der Waals surface area contributed by atoms with Gasteiger partial charge < -0.3 is 10.5 Å². The second-order valence-corrected chi connectivity index (χ2v) is 4.70. The highest BCUT2D eigenvalue weighted by atomic mass is 16.5. The standard InChI is InChI=1S/C14H21NO/c1-3-16-14-9-12-6-4-5-11(12)8-13(14)7-10(2)15/h8-10H,3-7,15H2,1-2H3. The third-order valence-electron chi connectivity index (χ3n) is 3.12. The van der Waals surface area contributed by atoms with Crippen molar-refractivity contribution in [3.05, 3.63) is 28.8 Å². The molecular weight excluding hydrogens is 198 g/mol. The second-order valence-electron chi connectivity index (χ2n) is 4.70. The van der Waals surface area contributed by atoms with Gasteiger partial charge in [0.1, 0.15) is 5.75 Å². The van der Waals surface area contributed by atoms with Gasteiger partial charge in [-0.05, 0) is 62.3 Å². The molecule has 1 unspecified atom stereocenters. The highest BCUT2D eigenvalue weighted by molar-refractivity contribution is 5.45. The lowest BCUT2D eigenvalue weighted by Crippen LogP contribution is -2.18.